The minimum atomic E-state index is -0.441. The third-order valence-corrected chi connectivity index (χ3v) is 3.95. The molecule has 0 bridgehead atoms. The van der Waals surface area contributed by atoms with Gasteiger partial charge in [-0.05, 0) is 26.7 Å². The fourth-order valence-electron chi connectivity index (χ4n) is 1.66. The van der Waals surface area contributed by atoms with E-state index in [1.807, 2.05) is 13.8 Å². The van der Waals surface area contributed by atoms with Crippen LogP contribution in [-0.4, -0.2) is 36.5 Å². The first-order valence-electron chi connectivity index (χ1n) is 6.15. The SMILES string of the molecule is CCC1CCSC(=NCC(C)(C)C(=O)NC)N1. The van der Waals surface area contributed by atoms with Crippen molar-refractivity contribution in [3.05, 3.63) is 0 Å². The van der Waals surface area contributed by atoms with Crippen LogP contribution in [0.2, 0.25) is 0 Å². The predicted molar refractivity (Wildman–Crippen MR) is 74.4 cm³/mol. The molecule has 1 saturated heterocycles. The zero-order valence-corrected chi connectivity index (χ0v) is 12.0. The van der Waals surface area contributed by atoms with Crippen molar-refractivity contribution in [1.29, 1.82) is 0 Å². The molecule has 1 rings (SSSR count). The van der Waals surface area contributed by atoms with E-state index in [9.17, 15) is 4.79 Å². The lowest BCUT2D eigenvalue weighted by molar-refractivity contribution is -0.128. The summed E-state index contributed by atoms with van der Waals surface area (Å²) in [5.74, 6) is 1.15. The van der Waals surface area contributed by atoms with Crippen molar-refractivity contribution in [1.82, 2.24) is 10.6 Å². The zero-order chi connectivity index (χ0) is 12.9. The van der Waals surface area contributed by atoms with E-state index in [2.05, 4.69) is 22.5 Å². The average Bonchev–Trinajstić information content (AvgIpc) is 2.35. The summed E-state index contributed by atoms with van der Waals surface area (Å²) in [7, 11) is 1.66. The molecule has 98 valence electrons. The van der Waals surface area contributed by atoms with Gasteiger partial charge in [0.2, 0.25) is 5.91 Å². The summed E-state index contributed by atoms with van der Waals surface area (Å²) in [6, 6.07) is 0.540. The summed E-state index contributed by atoms with van der Waals surface area (Å²) in [4.78, 5) is 16.1. The van der Waals surface area contributed by atoms with Crippen molar-refractivity contribution >= 4 is 22.8 Å². The molecule has 0 spiro atoms. The molecule has 0 saturated carbocycles. The Balaban J connectivity index is 2.55. The van der Waals surface area contributed by atoms with Gasteiger partial charge in [0, 0.05) is 18.8 Å². The van der Waals surface area contributed by atoms with Crippen LogP contribution in [0.5, 0.6) is 0 Å². The third-order valence-electron chi connectivity index (χ3n) is 2.99. The third kappa shape index (κ3) is 4.22. The van der Waals surface area contributed by atoms with Crippen molar-refractivity contribution < 1.29 is 4.79 Å². The number of aliphatic imine (C=N–C) groups is 1. The number of hydrogen-bond acceptors (Lipinski definition) is 3. The lowest BCUT2D eigenvalue weighted by Gasteiger charge is -2.26. The van der Waals surface area contributed by atoms with E-state index in [0.29, 0.717) is 12.6 Å². The largest absolute Gasteiger partial charge is 0.362 e. The van der Waals surface area contributed by atoms with Gasteiger partial charge in [-0.1, -0.05) is 18.7 Å². The number of rotatable bonds is 4. The number of carbonyl (C=O) groups excluding carboxylic acids is 1. The van der Waals surface area contributed by atoms with Crippen LogP contribution in [0, 0.1) is 5.41 Å². The Labute approximate surface area is 108 Å². The predicted octanol–water partition coefficient (Wildman–Crippen LogP) is 1.62. The number of nitrogens with zero attached hydrogens (tertiary/aromatic N) is 1. The summed E-state index contributed by atoms with van der Waals surface area (Å²) in [5.41, 5.74) is -0.441. The summed E-state index contributed by atoms with van der Waals surface area (Å²) in [5, 5.41) is 7.08. The van der Waals surface area contributed by atoms with Crippen LogP contribution < -0.4 is 10.6 Å². The number of carbonyl (C=O) groups is 1. The lowest BCUT2D eigenvalue weighted by Crippen LogP contribution is -2.40. The first-order chi connectivity index (χ1) is 7.99. The van der Waals surface area contributed by atoms with Crippen molar-refractivity contribution in [2.24, 2.45) is 10.4 Å². The fraction of sp³-hybridized carbons (Fsp3) is 0.833. The maximum Gasteiger partial charge on any atom is 0.227 e. The first-order valence-corrected chi connectivity index (χ1v) is 7.14. The van der Waals surface area contributed by atoms with E-state index >= 15 is 0 Å². The second kappa shape index (κ2) is 6.28. The number of nitrogens with one attached hydrogen (secondary N) is 2. The van der Waals surface area contributed by atoms with E-state index in [1.165, 1.54) is 6.42 Å². The van der Waals surface area contributed by atoms with Gasteiger partial charge in [0.15, 0.2) is 5.17 Å². The molecule has 1 heterocycles. The minimum absolute atomic E-state index is 0.0368. The van der Waals surface area contributed by atoms with Gasteiger partial charge in [0.1, 0.15) is 0 Å². The quantitative estimate of drug-likeness (QED) is 0.804. The Morgan fingerprint density at radius 2 is 2.35 bits per heavy atom. The molecule has 1 fully saturated rings. The maximum absolute atomic E-state index is 11.6. The number of amidine groups is 1. The molecule has 2 N–H and O–H groups in total. The molecule has 1 unspecified atom stereocenters. The Hall–Kier alpha value is -0.710. The van der Waals surface area contributed by atoms with Crippen LogP contribution in [0.15, 0.2) is 4.99 Å². The molecule has 17 heavy (non-hydrogen) atoms. The number of thioether (sulfide) groups is 1. The molecule has 4 nitrogen and oxygen atoms in total. The molecule has 0 aromatic rings. The highest BCUT2D eigenvalue weighted by atomic mass is 32.2. The van der Waals surface area contributed by atoms with Gasteiger partial charge in [0.05, 0.1) is 12.0 Å². The van der Waals surface area contributed by atoms with Crippen LogP contribution >= 0.6 is 11.8 Å². The van der Waals surface area contributed by atoms with Crippen LogP contribution in [0.25, 0.3) is 0 Å². The Morgan fingerprint density at radius 1 is 1.65 bits per heavy atom. The number of amides is 1. The fourth-order valence-corrected chi connectivity index (χ4v) is 2.66. The molecule has 0 aliphatic carbocycles. The molecule has 5 heteroatoms. The lowest BCUT2D eigenvalue weighted by atomic mass is 9.93. The molecule has 1 atom stereocenters. The normalized spacial score (nSPS) is 23.3. The van der Waals surface area contributed by atoms with Gasteiger partial charge in [0.25, 0.3) is 0 Å². The highest BCUT2D eigenvalue weighted by molar-refractivity contribution is 8.13. The van der Waals surface area contributed by atoms with Crippen LogP contribution in [-0.2, 0) is 4.79 Å². The summed E-state index contributed by atoms with van der Waals surface area (Å²) < 4.78 is 0. The highest BCUT2D eigenvalue weighted by Crippen LogP contribution is 2.19. The molecular formula is C12H23N3OS. The number of hydrogen-bond donors (Lipinski definition) is 2. The van der Waals surface area contributed by atoms with E-state index in [0.717, 1.165) is 17.3 Å². The van der Waals surface area contributed by atoms with E-state index in [1.54, 1.807) is 18.8 Å². The van der Waals surface area contributed by atoms with Crippen LogP contribution in [0.3, 0.4) is 0 Å². The Morgan fingerprint density at radius 3 is 2.94 bits per heavy atom. The van der Waals surface area contributed by atoms with Crippen molar-refractivity contribution in [2.45, 2.75) is 39.7 Å². The first kappa shape index (κ1) is 14.4. The second-order valence-electron chi connectivity index (χ2n) is 4.97. The Bertz CT molecular complexity index is 302. The van der Waals surface area contributed by atoms with Crippen molar-refractivity contribution in [3.8, 4) is 0 Å². The highest BCUT2D eigenvalue weighted by Gasteiger charge is 2.26. The van der Waals surface area contributed by atoms with E-state index in [-0.39, 0.29) is 5.91 Å². The monoisotopic (exact) mass is 257 g/mol. The zero-order valence-electron chi connectivity index (χ0n) is 11.2. The molecule has 0 radical (unpaired) electrons. The summed E-state index contributed by atoms with van der Waals surface area (Å²) in [6.45, 7) is 6.54. The standard InChI is InChI=1S/C12H23N3OS/c1-5-9-6-7-17-11(15-9)14-8-12(2,3)10(16)13-4/h9H,5-8H2,1-4H3,(H,13,16)(H,14,15). The van der Waals surface area contributed by atoms with Gasteiger partial charge >= 0.3 is 0 Å². The second-order valence-corrected chi connectivity index (χ2v) is 6.05. The van der Waals surface area contributed by atoms with Crippen molar-refractivity contribution in [3.63, 3.8) is 0 Å². The Kier molecular flexibility index (Phi) is 5.31. The van der Waals surface area contributed by atoms with Gasteiger partial charge in [-0.2, -0.15) is 0 Å². The van der Waals surface area contributed by atoms with E-state index < -0.39 is 5.41 Å². The minimum Gasteiger partial charge on any atom is -0.362 e. The van der Waals surface area contributed by atoms with Crippen LogP contribution in [0.1, 0.15) is 33.6 Å². The molecule has 1 amide bonds. The van der Waals surface area contributed by atoms with Gasteiger partial charge < -0.3 is 10.6 Å². The molecule has 0 aromatic heterocycles. The van der Waals surface area contributed by atoms with Gasteiger partial charge in [-0.15, -0.1) is 0 Å². The molecule has 1 aliphatic rings. The van der Waals surface area contributed by atoms with Gasteiger partial charge in [-0.25, -0.2) is 0 Å². The van der Waals surface area contributed by atoms with Crippen LogP contribution in [0.4, 0.5) is 0 Å². The molecular weight excluding hydrogens is 234 g/mol. The summed E-state index contributed by atoms with van der Waals surface area (Å²) in [6.07, 6.45) is 2.32. The average molecular weight is 257 g/mol. The topological polar surface area (TPSA) is 53.5 Å². The molecule has 1 aliphatic heterocycles. The van der Waals surface area contributed by atoms with E-state index in [4.69, 9.17) is 0 Å². The summed E-state index contributed by atoms with van der Waals surface area (Å²) >= 11 is 1.75. The van der Waals surface area contributed by atoms with Gasteiger partial charge in [-0.3, -0.25) is 9.79 Å². The maximum atomic E-state index is 11.6. The smallest absolute Gasteiger partial charge is 0.227 e. The van der Waals surface area contributed by atoms with Crippen molar-refractivity contribution in [2.75, 3.05) is 19.3 Å². The molecule has 0 aromatic carbocycles.